The molecule has 6 nitrogen and oxygen atoms in total. The molecule has 0 aromatic carbocycles. The van der Waals surface area contributed by atoms with Crippen LogP contribution in [0.5, 0.6) is 0 Å². The summed E-state index contributed by atoms with van der Waals surface area (Å²) in [7, 11) is 0. The maximum Gasteiger partial charge on any atom is 0.273 e. The first-order valence-electron chi connectivity index (χ1n) is 6.89. The van der Waals surface area contributed by atoms with Gasteiger partial charge in [0, 0.05) is 31.0 Å². The molecule has 1 aliphatic heterocycles. The first kappa shape index (κ1) is 14.5. The highest BCUT2D eigenvalue weighted by molar-refractivity contribution is 7.14. The molecule has 0 saturated carbocycles. The minimum atomic E-state index is -0.200. The van der Waals surface area contributed by atoms with E-state index in [0.717, 1.165) is 17.8 Å². The fourth-order valence-electron chi connectivity index (χ4n) is 2.30. The Morgan fingerprint density at radius 2 is 2.32 bits per heavy atom. The minimum absolute atomic E-state index is 0.134. The van der Waals surface area contributed by atoms with Gasteiger partial charge in [0.1, 0.15) is 11.5 Å². The molecule has 1 aliphatic rings. The van der Waals surface area contributed by atoms with Crippen molar-refractivity contribution in [3.05, 3.63) is 41.3 Å². The molecule has 0 aliphatic carbocycles. The third kappa shape index (κ3) is 3.09. The van der Waals surface area contributed by atoms with Crippen LogP contribution in [0.15, 0.2) is 34.3 Å². The Bertz CT molecular complexity index is 718. The van der Waals surface area contributed by atoms with Gasteiger partial charge in [0.25, 0.3) is 5.91 Å². The summed E-state index contributed by atoms with van der Waals surface area (Å²) in [6.07, 6.45) is 4.49. The molecule has 2 aromatic rings. The fourth-order valence-corrected chi connectivity index (χ4v) is 3.03. The normalized spacial score (nSPS) is 14.6. The van der Waals surface area contributed by atoms with E-state index in [1.54, 1.807) is 16.5 Å². The zero-order chi connectivity index (χ0) is 15.5. The SMILES string of the molecule is CC(=O)Nc1nc(C(=O)N2CCC=C(c3ccco3)C2)cs1. The molecule has 114 valence electrons. The molecule has 0 bridgehead atoms. The van der Waals surface area contributed by atoms with Crippen LogP contribution in [-0.4, -0.2) is 34.8 Å². The Morgan fingerprint density at radius 3 is 3.05 bits per heavy atom. The quantitative estimate of drug-likeness (QED) is 0.944. The largest absolute Gasteiger partial charge is 0.465 e. The van der Waals surface area contributed by atoms with Crippen LogP contribution in [0.4, 0.5) is 5.13 Å². The lowest BCUT2D eigenvalue weighted by atomic mass is 10.1. The molecular weight excluding hydrogens is 302 g/mol. The van der Waals surface area contributed by atoms with E-state index in [1.807, 2.05) is 12.1 Å². The Balaban J connectivity index is 1.71. The van der Waals surface area contributed by atoms with Gasteiger partial charge in [0.15, 0.2) is 5.13 Å². The molecule has 3 heterocycles. The number of nitrogens with zero attached hydrogens (tertiary/aromatic N) is 2. The van der Waals surface area contributed by atoms with E-state index in [0.29, 0.717) is 23.9 Å². The van der Waals surface area contributed by atoms with Gasteiger partial charge in [0.2, 0.25) is 5.91 Å². The lowest BCUT2D eigenvalue weighted by Crippen LogP contribution is -2.35. The van der Waals surface area contributed by atoms with Crippen LogP contribution in [0.1, 0.15) is 29.6 Å². The van der Waals surface area contributed by atoms with Crippen molar-refractivity contribution >= 4 is 33.9 Å². The maximum absolute atomic E-state index is 12.5. The summed E-state index contributed by atoms with van der Waals surface area (Å²) >= 11 is 1.25. The first-order chi connectivity index (χ1) is 10.6. The van der Waals surface area contributed by atoms with E-state index in [1.165, 1.54) is 18.3 Å². The van der Waals surface area contributed by atoms with Crippen LogP contribution >= 0.6 is 11.3 Å². The number of nitrogens with one attached hydrogen (secondary N) is 1. The van der Waals surface area contributed by atoms with Gasteiger partial charge in [-0.05, 0) is 18.6 Å². The van der Waals surface area contributed by atoms with E-state index in [4.69, 9.17) is 4.42 Å². The number of furan rings is 1. The number of aromatic nitrogens is 1. The summed E-state index contributed by atoms with van der Waals surface area (Å²) in [6.45, 7) is 2.56. The Morgan fingerprint density at radius 1 is 1.45 bits per heavy atom. The van der Waals surface area contributed by atoms with Crippen LogP contribution in [-0.2, 0) is 4.79 Å². The van der Waals surface area contributed by atoms with Crippen molar-refractivity contribution in [2.75, 3.05) is 18.4 Å². The molecule has 2 amide bonds. The number of carbonyl (C=O) groups is 2. The van der Waals surface area contributed by atoms with Gasteiger partial charge in [-0.1, -0.05) is 6.08 Å². The van der Waals surface area contributed by atoms with Crippen molar-refractivity contribution in [2.45, 2.75) is 13.3 Å². The number of rotatable bonds is 3. The summed E-state index contributed by atoms with van der Waals surface area (Å²) < 4.78 is 5.39. The van der Waals surface area contributed by atoms with Crippen LogP contribution in [0.3, 0.4) is 0 Å². The maximum atomic E-state index is 12.5. The van der Waals surface area contributed by atoms with Gasteiger partial charge in [-0.15, -0.1) is 11.3 Å². The van der Waals surface area contributed by atoms with E-state index >= 15 is 0 Å². The van der Waals surface area contributed by atoms with Crippen molar-refractivity contribution in [1.82, 2.24) is 9.88 Å². The smallest absolute Gasteiger partial charge is 0.273 e. The molecule has 0 atom stereocenters. The molecule has 1 N–H and O–H groups in total. The number of anilines is 1. The zero-order valence-electron chi connectivity index (χ0n) is 12.0. The third-order valence-corrected chi connectivity index (χ3v) is 4.04. The van der Waals surface area contributed by atoms with Gasteiger partial charge in [-0.2, -0.15) is 0 Å². The highest BCUT2D eigenvalue weighted by Crippen LogP contribution is 2.23. The number of hydrogen-bond donors (Lipinski definition) is 1. The van der Waals surface area contributed by atoms with Crippen LogP contribution in [0, 0.1) is 0 Å². The topological polar surface area (TPSA) is 75.4 Å². The van der Waals surface area contributed by atoms with Crippen molar-refractivity contribution in [3.63, 3.8) is 0 Å². The third-order valence-electron chi connectivity index (χ3n) is 3.28. The average Bonchev–Trinajstić information content (AvgIpc) is 3.17. The van der Waals surface area contributed by atoms with Crippen LogP contribution < -0.4 is 5.32 Å². The second-order valence-electron chi connectivity index (χ2n) is 4.94. The Hall–Kier alpha value is -2.41. The fraction of sp³-hybridized carbons (Fsp3) is 0.267. The van der Waals surface area contributed by atoms with Crippen LogP contribution in [0.2, 0.25) is 0 Å². The van der Waals surface area contributed by atoms with E-state index in [9.17, 15) is 9.59 Å². The van der Waals surface area contributed by atoms with Gasteiger partial charge in [0.05, 0.1) is 6.26 Å². The molecule has 22 heavy (non-hydrogen) atoms. The minimum Gasteiger partial charge on any atom is -0.465 e. The number of amides is 2. The molecule has 2 aromatic heterocycles. The van der Waals surface area contributed by atoms with Crippen molar-refractivity contribution in [1.29, 1.82) is 0 Å². The van der Waals surface area contributed by atoms with Gasteiger partial charge in [-0.25, -0.2) is 4.98 Å². The highest BCUT2D eigenvalue weighted by atomic mass is 32.1. The summed E-state index contributed by atoms with van der Waals surface area (Å²) in [5.41, 5.74) is 1.36. The van der Waals surface area contributed by atoms with E-state index in [2.05, 4.69) is 16.4 Å². The number of hydrogen-bond acceptors (Lipinski definition) is 5. The highest BCUT2D eigenvalue weighted by Gasteiger charge is 2.23. The number of carbonyl (C=O) groups excluding carboxylic acids is 2. The Kier molecular flexibility index (Phi) is 4.06. The summed E-state index contributed by atoms with van der Waals surface area (Å²) in [6, 6.07) is 3.72. The average molecular weight is 317 g/mol. The van der Waals surface area contributed by atoms with Crippen LogP contribution in [0.25, 0.3) is 5.57 Å². The molecule has 0 spiro atoms. The predicted molar refractivity (Wildman–Crippen MR) is 83.6 cm³/mol. The molecule has 7 heteroatoms. The molecule has 0 saturated heterocycles. The van der Waals surface area contributed by atoms with Gasteiger partial charge >= 0.3 is 0 Å². The van der Waals surface area contributed by atoms with Crippen molar-refractivity contribution < 1.29 is 14.0 Å². The Labute approximate surface area is 131 Å². The molecular formula is C15H15N3O3S. The first-order valence-corrected chi connectivity index (χ1v) is 7.77. The summed E-state index contributed by atoms with van der Waals surface area (Å²) in [5.74, 6) is 0.453. The molecule has 0 fully saturated rings. The number of thiazole rings is 1. The summed E-state index contributed by atoms with van der Waals surface area (Å²) in [5, 5.41) is 4.69. The van der Waals surface area contributed by atoms with E-state index < -0.39 is 0 Å². The van der Waals surface area contributed by atoms with Crippen molar-refractivity contribution in [3.8, 4) is 0 Å². The second kappa shape index (κ2) is 6.15. The van der Waals surface area contributed by atoms with Gasteiger partial charge in [-0.3, -0.25) is 9.59 Å². The zero-order valence-corrected chi connectivity index (χ0v) is 12.9. The monoisotopic (exact) mass is 317 g/mol. The lowest BCUT2D eigenvalue weighted by molar-refractivity contribution is -0.114. The molecule has 0 radical (unpaired) electrons. The van der Waals surface area contributed by atoms with Crippen molar-refractivity contribution in [2.24, 2.45) is 0 Å². The second-order valence-corrected chi connectivity index (χ2v) is 5.80. The van der Waals surface area contributed by atoms with E-state index in [-0.39, 0.29) is 11.8 Å². The lowest BCUT2D eigenvalue weighted by Gasteiger charge is -2.26. The molecule has 0 unspecified atom stereocenters. The van der Waals surface area contributed by atoms with Gasteiger partial charge < -0.3 is 14.6 Å². The predicted octanol–water partition coefficient (Wildman–Crippen LogP) is 2.62. The standard InChI is InChI=1S/C15H15N3O3S/c1-10(19)16-15-17-12(9-22-15)14(20)18-6-2-4-11(8-18)13-5-3-7-21-13/h3-5,7,9H,2,6,8H2,1H3,(H,16,17,19). The molecule has 3 rings (SSSR count). The summed E-state index contributed by atoms with van der Waals surface area (Å²) in [4.78, 5) is 29.4.